The minimum Gasteiger partial charge on any atom is -0.504 e. The molecule has 0 aromatic heterocycles. The number of carbonyl (C=O) groups excluding carboxylic acids is 2. The van der Waals surface area contributed by atoms with E-state index in [1.165, 1.54) is 42.5 Å². The second-order valence-corrected chi connectivity index (χ2v) is 11.8. The Morgan fingerprint density at radius 3 is 2.33 bits per heavy atom. The van der Waals surface area contributed by atoms with Crippen LogP contribution in [-0.4, -0.2) is 94.0 Å². The number of carboxylic acids is 1. The lowest BCUT2D eigenvalue weighted by Crippen LogP contribution is -2.75. The smallest absolute Gasteiger partial charge is 0.336 e. The molecule has 45 heavy (non-hydrogen) atoms. The van der Waals surface area contributed by atoms with Crippen LogP contribution >= 0.6 is 0 Å². The van der Waals surface area contributed by atoms with Crippen LogP contribution < -0.4 is 0 Å². The van der Waals surface area contributed by atoms with E-state index >= 15 is 0 Å². The van der Waals surface area contributed by atoms with Crippen LogP contribution in [0.3, 0.4) is 0 Å². The van der Waals surface area contributed by atoms with Crippen molar-refractivity contribution in [1.82, 2.24) is 0 Å². The molecule has 0 spiro atoms. The van der Waals surface area contributed by atoms with Gasteiger partial charge in [-0.05, 0) is 78.8 Å². The molecule has 5 rings (SSSR count). The van der Waals surface area contributed by atoms with Crippen molar-refractivity contribution in [3.05, 3.63) is 59.2 Å². The van der Waals surface area contributed by atoms with Gasteiger partial charge in [0.2, 0.25) is 0 Å². The predicted octanol–water partition coefficient (Wildman–Crippen LogP) is 1.53. The number of benzene rings is 2. The minimum absolute atomic E-state index is 0.0255. The quantitative estimate of drug-likeness (QED) is 0.138. The summed E-state index contributed by atoms with van der Waals surface area (Å²) in [5.41, 5.74) is -4.56. The van der Waals surface area contributed by atoms with Crippen molar-refractivity contribution in [3.63, 3.8) is 0 Å². The highest BCUT2D eigenvalue weighted by molar-refractivity contribution is 6.00. The fourth-order valence-corrected chi connectivity index (χ4v) is 6.66. The summed E-state index contributed by atoms with van der Waals surface area (Å²) in [5, 5.41) is 81.2. The second kappa shape index (κ2) is 11.9. The SMILES string of the molecule is O=C(/C=C/c1ccc(O)c(O)c1)CO[C@@]1(C(=O)O)C[C@@H](O)[C@]2(O)CC[C@]3(C(=O)/C=C/c4cc(O)c(O)cc4CO)CC[C@H]1[C@H]2O3. The van der Waals surface area contributed by atoms with Crippen LogP contribution in [0.1, 0.15) is 48.8 Å². The molecule has 2 aliphatic heterocycles. The van der Waals surface area contributed by atoms with E-state index in [4.69, 9.17) is 9.47 Å². The molecule has 1 saturated carbocycles. The Balaban J connectivity index is 1.36. The monoisotopic (exact) mass is 626 g/mol. The van der Waals surface area contributed by atoms with Gasteiger partial charge in [0.1, 0.15) is 17.8 Å². The molecule has 2 heterocycles. The molecule has 240 valence electrons. The van der Waals surface area contributed by atoms with Crippen LogP contribution in [0.2, 0.25) is 0 Å². The average molecular weight is 627 g/mol. The van der Waals surface area contributed by atoms with Crippen molar-refractivity contribution in [2.45, 2.75) is 67.7 Å². The van der Waals surface area contributed by atoms with Gasteiger partial charge in [-0.15, -0.1) is 0 Å². The molecule has 6 atom stereocenters. The van der Waals surface area contributed by atoms with Crippen LogP contribution in [0.5, 0.6) is 23.0 Å². The van der Waals surface area contributed by atoms with E-state index in [2.05, 4.69) is 0 Å². The molecule has 2 saturated heterocycles. The highest BCUT2D eigenvalue weighted by Crippen LogP contribution is 2.56. The van der Waals surface area contributed by atoms with Crippen molar-refractivity contribution in [3.8, 4) is 23.0 Å². The average Bonchev–Trinajstić information content (AvgIpc) is 3.01. The number of carboxylic acid groups (broad SMARTS) is 1. The number of phenolic OH excluding ortho intramolecular Hbond substituents is 4. The first kappa shape index (κ1) is 32.1. The number of phenols is 4. The standard InChI is InChI=1S/C32H34O13/c33-15-19-13-25(38)24(37)12-18(19)3-6-26(39)30-8-7-21-28(45-30)31(43,10-9-30)27(40)14-32(21,29(41)42)44-16-20(34)4-1-17-2-5-22(35)23(36)11-17/h1-6,11-13,21,27-28,33,35-38,40,43H,7-10,14-16H2,(H,41,42)/b4-1+,6-3+/t21-,27+,28+,30-,31+,32-/m0/s1. The minimum atomic E-state index is -2.13. The number of aliphatic hydroxyl groups is 3. The van der Waals surface area contributed by atoms with E-state index in [1.807, 2.05) is 0 Å². The number of fused-ring (bicyclic) bond motifs is 1. The molecule has 3 fully saturated rings. The maximum Gasteiger partial charge on any atom is 0.336 e. The summed E-state index contributed by atoms with van der Waals surface area (Å²) >= 11 is 0. The Bertz CT molecular complexity index is 1580. The molecule has 1 aliphatic carbocycles. The lowest BCUT2D eigenvalue weighted by atomic mass is 9.56. The van der Waals surface area contributed by atoms with E-state index in [9.17, 15) is 55.2 Å². The van der Waals surface area contributed by atoms with Gasteiger partial charge in [-0.2, -0.15) is 0 Å². The van der Waals surface area contributed by atoms with Crippen LogP contribution in [-0.2, 0) is 30.5 Å². The summed E-state index contributed by atoms with van der Waals surface area (Å²) in [4.78, 5) is 38.9. The van der Waals surface area contributed by atoms with Gasteiger partial charge in [0, 0.05) is 12.3 Å². The predicted molar refractivity (Wildman–Crippen MR) is 155 cm³/mol. The summed E-state index contributed by atoms with van der Waals surface area (Å²) in [6.07, 6.45) is 1.56. The Morgan fingerprint density at radius 1 is 0.933 bits per heavy atom. The number of hydrogen-bond acceptors (Lipinski definition) is 12. The third-order valence-electron chi connectivity index (χ3n) is 9.24. The number of ether oxygens (including phenoxy) is 2. The fourth-order valence-electron chi connectivity index (χ4n) is 6.66. The molecule has 0 unspecified atom stereocenters. The number of rotatable bonds is 10. The summed E-state index contributed by atoms with van der Waals surface area (Å²) in [6.45, 7) is -1.17. The van der Waals surface area contributed by atoms with E-state index in [1.54, 1.807) is 0 Å². The Morgan fingerprint density at radius 2 is 1.64 bits per heavy atom. The van der Waals surface area contributed by atoms with Crippen molar-refractivity contribution >= 4 is 29.7 Å². The summed E-state index contributed by atoms with van der Waals surface area (Å²) < 4.78 is 12.0. The highest BCUT2D eigenvalue weighted by atomic mass is 16.6. The van der Waals surface area contributed by atoms with Gasteiger partial charge in [-0.25, -0.2) is 4.79 Å². The Labute approximate surface area is 256 Å². The molecular formula is C32H34O13. The number of aliphatic hydroxyl groups excluding tert-OH is 2. The number of ketones is 2. The van der Waals surface area contributed by atoms with Gasteiger partial charge in [0.15, 0.2) is 40.2 Å². The van der Waals surface area contributed by atoms with Crippen molar-refractivity contribution in [1.29, 1.82) is 0 Å². The molecule has 13 heteroatoms. The first-order valence-electron chi connectivity index (χ1n) is 14.3. The third-order valence-corrected chi connectivity index (χ3v) is 9.24. The first-order valence-corrected chi connectivity index (χ1v) is 14.3. The Hall–Kier alpha value is -4.27. The lowest BCUT2D eigenvalue weighted by Gasteiger charge is -2.61. The fraction of sp³-hybridized carbons (Fsp3) is 0.406. The highest BCUT2D eigenvalue weighted by Gasteiger charge is 2.70. The van der Waals surface area contributed by atoms with Crippen LogP contribution in [0, 0.1) is 5.92 Å². The van der Waals surface area contributed by atoms with Gasteiger partial charge in [0.25, 0.3) is 0 Å². The first-order chi connectivity index (χ1) is 21.2. The molecule has 3 aliphatic rings. The third kappa shape index (κ3) is 5.69. The van der Waals surface area contributed by atoms with Gasteiger partial charge in [-0.1, -0.05) is 18.2 Å². The number of carbonyl (C=O) groups is 3. The van der Waals surface area contributed by atoms with Crippen LogP contribution in [0.4, 0.5) is 0 Å². The maximum atomic E-state index is 13.5. The van der Waals surface area contributed by atoms with Crippen molar-refractivity contribution in [2.75, 3.05) is 6.61 Å². The van der Waals surface area contributed by atoms with Crippen molar-refractivity contribution < 1.29 is 64.7 Å². The number of aromatic hydroxyl groups is 4. The van der Waals surface area contributed by atoms with Crippen LogP contribution in [0.25, 0.3) is 12.2 Å². The summed E-state index contributed by atoms with van der Waals surface area (Å²) in [6, 6.07) is 6.25. The van der Waals surface area contributed by atoms with Crippen LogP contribution in [0.15, 0.2) is 42.5 Å². The summed E-state index contributed by atoms with van der Waals surface area (Å²) in [5.74, 6) is -5.26. The molecular weight excluding hydrogens is 592 g/mol. The molecule has 2 bridgehead atoms. The normalized spacial score (nSPS) is 30.9. The zero-order chi connectivity index (χ0) is 32.7. The van der Waals surface area contributed by atoms with Gasteiger partial charge < -0.3 is 50.3 Å². The molecule has 8 N–H and O–H groups in total. The zero-order valence-electron chi connectivity index (χ0n) is 24.0. The zero-order valence-corrected chi connectivity index (χ0v) is 24.0. The molecule has 13 nitrogen and oxygen atoms in total. The van der Waals surface area contributed by atoms with E-state index < -0.39 is 89.3 Å². The Kier molecular flexibility index (Phi) is 8.51. The topological polar surface area (TPSA) is 232 Å². The largest absolute Gasteiger partial charge is 0.504 e. The molecule has 0 radical (unpaired) electrons. The second-order valence-electron chi connectivity index (χ2n) is 11.8. The lowest BCUT2D eigenvalue weighted by molar-refractivity contribution is -0.323. The summed E-state index contributed by atoms with van der Waals surface area (Å²) in [7, 11) is 0. The molecule has 2 aromatic carbocycles. The molecule has 0 amide bonds. The number of aliphatic carboxylic acids is 1. The van der Waals surface area contributed by atoms with Gasteiger partial charge >= 0.3 is 5.97 Å². The molecule has 2 aromatic rings. The van der Waals surface area contributed by atoms with Crippen molar-refractivity contribution in [2.24, 2.45) is 5.92 Å². The van der Waals surface area contributed by atoms with E-state index in [-0.39, 0.29) is 42.6 Å². The van der Waals surface area contributed by atoms with Gasteiger partial charge in [0.05, 0.1) is 18.8 Å². The maximum absolute atomic E-state index is 13.5. The van der Waals surface area contributed by atoms with E-state index in [0.29, 0.717) is 5.56 Å². The van der Waals surface area contributed by atoms with E-state index in [0.717, 1.165) is 12.1 Å². The number of hydrogen-bond donors (Lipinski definition) is 8. The van der Waals surface area contributed by atoms with Gasteiger partial charge in [-0.3, -0.25) is 9.59 Å².